The number of rotatable bonds is 6. The van der Waals surface area contributed by atoms with Gasteiger partial charge in [-0.3, -0.25) is 4.79 Å². The van der Waals surface area contributed by atoms with E-state index in [2.05, 4.69) is 15.4 Å². The first-order valence-electron chi connectivity index (χ1n) is 8.04. The molecular weight excluding hydrogens is 336 g/mol. The molecular formula is C18H18N4O4. The fourth-order valence-corrected chi connectivity index (χ4v) is 2.47. The molecule has 0 atom stereocenters. The number of fused-ring (bicyclic) bond motifs is 1. The Morgan fingerprint density at radius 2 is 2.00 bits per heavy atom. The second-order valence-corrected chi connectivity index (χ2v) is 5.38. The van der Waals surface area contributed by atoms with Gasteiger partial charge < -0.3 is 14.8 Å². The third-order valence-corrected chi connectivity index (χ3v) is 3.60. The fourth-order valence-electron chi connectivity index (χ4n) is 2.47. The van der Waals surface area contributed by atoms with Gasteiger partial charge in [0, 0.05) is 12.5 Å². The van der Waals surface area contributed by atoms with Crippen LogP contribution in [-0.4, -0.2) is 47.0 Å². The molecule has 2 aromatic heterocycles. The van der Waals surface area contributed by atoms with Gasteiger partial charge >= 0.3 is 5.97 Å². The molecule has 3 rings (SSSR count). The number of pyridine rings is 1. The van der Waals surface area contributed by atoms with Crippen molar-refractivity contribution in [3.8, 4) is 5.82 Å². The Morgan fingerprint density at radius 3 is 2.77 bits per heavy atom. The number of anilines is 1. The summed E-state index contributed by atoms with van der Waals surface area (Å²) in [5.74, 6) is -0.340. The Labute approximate surface area is 149 Å². The molecule has 1 amide bonds. The maximum atomic E-state index is 12.2. The van der Waals surface area contributed by atoms with Gasteiger partial charge in [0.25, 0.3) is 5.91 Å². The molecule has 0 aliphatic heterocycles. The number of amides is 1. The van der Waals surface area contributed by atoms with Crippen LogP contribution in [0.2, 0.25) is 0 Å². The second-order valence-electron chi connectivity index (χ2n) is 5.38. The number of carbonyl (C=O) groups excluding carboxylic acids is 2. The van der Waals surface area contributed by atoms with Gasteiger partial charge in [0.15, 0.2) is 11.6 Å². The van der Waals surface area contributed by atoms with E-state index in [0.717, 1.165) is 10.9 Å². The molecule has 8 heteroatoms. The standard InChI is InChI=1S/C18H18N4O4/c1-3-26-18(24)13-10-19-22(17(13)21-16(23)11-25-2)15-9-8-12-6-4-5-7-14(12)20-15/h4-10H,3,11H2,1-2H3,(H,21,23). The topological polar surface area (TPSA) is 95.3 Å². The smallest absolute Gasteiger partial charge is 0.343 e. The molecule has 26 heavy (non-hydrogen) atoms. The van der Waals surface area contributed by atoms with E-state index in [4.69, 9.17) is 9.47 Å². The Hall–Kier alpha value is -3.26. The normalized spacial score (nSPS) is 10.7. The molecule has 8 nitrogen and oxygen atoms in total. The summed E-state index contributed by atoms with van der Waals surface area (Å²) in [6.45, 7) is 1.76. The molecule has 0 saturated carbocycles. The lowest BCUT2D eigenvalue weighted by Crippen LogP contribution is -2.21. The second kappa shape index (κ2) is 7.75. The van der Waals surface area contributed by atoms with Gasteiger partial charge in [0.2, 0.25) is 0 Å². The van der Waals surface area contributed by atoms with Crippen molar-refractivity contribution < 1.29 is 19.1 Å². The molecule has 3 aromatic rings. The molecule has 0 saturated heterocycles. The van der Waals surface area contributed by atoms with Gasteiger partial charge in [-0.25, -0.2) is 9.78 Å². The van der Waals surface area contributed by atoms with Crippen LogP contribution in [0.25, 0.3) is 16.7 Å². The molecule has 0 spiro atoms. The molecule has 1 N–H and O–H groups in total. The van der Waals surface area contributed by atoms with E-state index >= 15 is 0 Å². The Kier molecular flexibility index (Phi) is 5.23. The quantitative estimate of drug-likeness (QED) is 0.682. The van der Waals surface area contributed by atoms with Crippen LogP contribution in [-0.2, 0) is 14.3 Å². The number of benzene rings is 1. The minimum atomic E-state index is -0.577. The molecule has 0 fully saturated rings. The van der Waals surface area contributed by atoms with Crippen molar-refractivity contribution in [2.75, 3.05) is 25.6 Å². The predicted molar refractivity (Wildman–Crippen MR) is 95.3 cm³/mol. The molecule has 0 unspecified atom stereocenters. The van der Waals surface area contributed by atoms with Crippen molar-refractivity contribution in [1.82, 2.24) is 14.8 Å². The number of para-hydroxylation sites is 1. The van der Waals surface area contributed by atoms with Crippen LogP contribution in [0.1, 0.15) is 17.3 Å². The zero-order valence-electron chi connectivity index (χ0n) is 14.4. The van der Waals surface area contributed by atoms with Crippen molar-refractivity contribution in [3.63, 3.8) is 0 Å². The minimum absolute atomic E-state index is 0.145. The number of nitrogens with one attached hydrogen (secondary N) is 1. The zero-order valence-corrected chi connectivity index (χ0v) is 14.4. The van der Waals surface area contributed by atoms with Crippen LogP contribution in [0.15, 0.2) is 42.6 Å². The molecule has 134 valence electrons. The Balaban J connectivity index is 2.06. The summed E-state index contributed by atoms with van der Waals surface area (Å²) in [5.41, 5.74) is 0.915. The molecule has 0 aliphatic rings. The number of hydrogen-bond acceptors (Lipinski definition) is 6. The average Bonchev–Trinajstić information content (AvgIpc) is 3.05. The van der Waals surface area contributed by atoms with Crippen molar-refractivity contribution in [2.45, 2.75) is 6.92 Å². The molecule has 2 heterocycles. The first-order chi connectivity index (χ1) is 12.6. The van der Waals surface area contributed by atoms with E-state index in [0.29, 0.717) is 5.82 Å². The number of esters is 1. The maximum Gasteiger partial charge on any atom is 0.343 e. The van der Waals surface area contributed by atoms with Crippen LogP contribution in [0.4, 0.5) is 5.82 Å². The highest BCUT2D eigenvalue weighted by atomic mass is 16.5. The Morgan fingerprint density at radius 1 is 1.19 bits per heavy atom. The highest BCUT2D eigenvalue weighted by Gasteiger charge is 2.22. The molecule has 0 radical (unpaired) electrons. The third-order valence-electron chi connectivity index (χ3n) is 3.60. The van der Waals surface area contributed by atoms with Gasteiger partial charge in [-0.2, -0.15) is 9.78 Å². The van der Waals surface area contributed by atoms with Crippen LogP contribution >= 0.6 is 0 Å². The van der Waals surface area contributed by atoms with Gasteiger partial charge in [-0.1, -0.05) is 18.2 Å². The summed E-state index contributed by atoms with van der Waals surface area (Å²) in [6.07, 6.45) is 1.34. The van der Waals surface area contributed by atoms with Gasteiger partial charge in [0.05, 0.1) is 18.3 Å². The first-order valence-corrected chi connectivity index (χ1v) is 8.04. The molecule has 0 bridgehead atoms. The number of nitrogens with zero attached hydrogens (tertiary/aromatic N) is 3. The number of hydrogen-bond donors (Lipinski definition) is 1. The lowest BCUT2D eigenvalue weighted by Gasteiger charge is -2.10. The lowest BCUT2D eigenvalue weighted by atomic mass is 10.2. The number of ether oxygens (including phenoxy) is 2. The van der Waals surface area contributed by atoms with E-state index in [1.165, 1.54) is 18.0 Å². The van der Waals surface area contributed by atoms with Gasteiger partial charge in [-0.05, 0) is 25.1 Å². The molecule has 1 aromatic carbocycles. The maximum absolute atomic E-state index is 12.2. The van der Waals surface area contributed by atoms with Gasteiger partial charge in [0.1, 0.15) is 12.2 Å². The lowest BCUT2D eigenvalue weighted by molar-refractivity contribution is -0.119. The monoisotopic (exact) mass is 354 g/mol. The average molecular weight is 354 g/mol. The number of carbonyl (C=O) groups is 2. The molecule has 0 aliphatic carbocycles. The van der Waals surface area contributed by atoms with Crippen LogP contribution < -0.4 is 5.32 Å². The predicted octanol–water partition coefficient (Wildman–Crippen LogP) is 2.18. The number of aromatic nitrogens is 3. The van der Waals surface area contributed by atoms with Crippen molar-refractivity contribution in [1.29, 1.82) is 0 Å². The highest BCUT2D eigenvalue weighted by molar-refractivity contribution is 6.00. The third kappa shape index (κ3) is 3.55. The van der Waals surface area contributed by atoms with E-state index in [9.17, 15) is 9.59 Å². The minimum Gasteiger partial charge on any atom is -0.462 e. The van der Waals surface area contributed by atoms with E-state index in [-0.39, 0.29) is 24.6 Å². The summed E-state index contributed by atoms with van der Waals surface area (Å²) in [6, 6.07) is 11.3. The summed E-state index contributed by atoms with van der Waals surface area (Å²) in [5, 5.41) is 7.82. The first kappa shape index (κ1) is 17.6. The summed E-state index contributed by atoms with van der Waals surface area (Å²) in [7, 11) is 1.41. The summed E-state index contributed by atoms with van der Waals surface area (Å²) < 4.78 is 11.3. The summed E-state index contributed by atoms with van der Waals surface area (Å²) >= 11 is 0. The largest absolute Gasteiger partial charge is 0.462 e. The SMILES string of the molecule is CCOC(=O)c1cnn(-c2ccc3ccccc3n2)c1NC(=O)COC. The van der Waals surface area contributed by atoms with Crippen molar-refractivity contribution >= 4 is 28.6 Å². The van der Waals surface area contributed by atoms with Crippen molar-refractivity contribution in [2.24, 2.45) is 0 Å². The fraction of sp³-hybridized carbons (Fsp3) is 0.222. The van der Waals surface area contributed by atoms with Crippen molar-refractivity contribution in [3.05, 3.63) is 48.2 Å². The van der Waals surface area contributed by atoms with Crippen LogP contribution in [0, 0.1) is 0 Å². The Bertz CT molecular complexity index is 951. The zero-order chi connectivity index (χ0) is 18.5. The highest BCUT2D eigenvalue weighted by Crippen LogP contribution is 2.22. The van der Waals surface area contributed by atoms with Crippen LogP contribution in [0.5, 0.6) is 0 Å². The van der Waals surface area contributed by atoms with E-state index in [1.807, 2.05) is 30.3 Å². The van der Waals surface area contributed by atoms with Crippen LogP contribution in [0.3, 0.4) is 0 Å². The van der Waals surface area contributed by atoms with E-state index in [1.54, 1.807) is 13.0 Å². The van der Waals surface area contributed by atoms with E-state index < -0.39 is 11.9 Å². The van der Waals surface area contributed by atoms with Gasteiger partial charge in [-0.15, -0.1) is 0 Å². The number of methoxy groups -OCH3 is 1. The summed E-state index contributed by atoms with van der Waals surface area (Å²) in [4.78, 5) is 28.7.